The molecular formula is C20H23BrN6O4S. The van der Waals surface area contributed by atoms with Crippen molar-refractivity contribution >= 4 is 32.0 Å². The van der Waals surface area contributed by atoms with Crippen LogP contribution in [0, 0.1) is 6.92 Å². The lowest BCUT2D eigenvalue weighted by Gasteiger charge is -2.15. The van der Waals surface area contributed by atoms with Gasteiger partial charge in [0.1, 0.15) is 19.4 Å². The standard InChI is InChI=1S/C20H23BrN6O4S/c1-3-8-26-32(28,29)27-18-17(15-4-6-16(21)7-5-15)19(25-13-24-18)30-9-10-31-20-22-11-14(2)12-23-20/h4-7,11-13,26H,3,8-10H2,1-2H3,(H,24,25,27)/i9D2,10D2,11D,12D. The number of halogens is 1. The van der Waals surface area contributed by atoms with E-state index in [9.17, 15) is 8.42 Å². The van der Waals surface area contributed by atoms with Crippen molar-refractivity contribution in [3.05, 3.63) is 53.0 Å². The van der Waals surface area contributed by atoms with Gasteiger partial charge < -0.3 is 9.47 Å². The van der Waals surface area contributed by atoms with Crippen LogP contribution < -0.4 is 18.9 Å². The molecule has 0 saturated carbocycles. The third-order valence-corrected chi connectivity index (χ3v) is 5.26. The normalized spacial score (nSPS) is 14.8. The van der Waals surface area contributed by atoms with Crippen molar-refractivity contribution in [1.82, 2.24) is 24.7 Å². The van der Waals surface area contributed by atoms with Crippen molar-refractivity contribution in [2.45, 2.75) is 20.3 Å². The number of hydrogen-bond acceptors (Lipinski definition) is 8. The van der Waals surface area contributed by atoms with Gasteiger partial charge in [0.05, 0.1) is 13.8 Å². The van der Waals surface area contributed by atoms with Gasteiger partial charge in [0.15, 0.2) is 5.82 Å². The van der Waals surface area contributed by atoms with Crippen LogP contribution in [0.3, 0.4) is 0 Å². The number of nitrogens with one attached hydrogen (secondary N) is 2. The molecule has 0 aliphatic carbocycles. The van der Waals surface area contributed by atoms with Crippen LogP contribution in [-0.4, -0.2) is 48.0 Å². The fourth-order valence-corrected chi connectivity index (χ4v) is 3.51. The fourth-order valence-electron chi connectivity index (χ4n) is 2.30. The Hall–Kier alpha value is -2.83. The Labute approximate surface area is 203 Å². The third-order valence-electron chi connectivity index (χ3n) is 3.69. The molecule has 0 spiro atoms. The summed E-state index contributed by atoms with van der Waals surface area (Å²) in [6, 6.07) is 5.68. The van der Waals surface area contributed by atoms with Crippen LogP contribution in [0.5, 0.6) is 11.9 Å². The van der Waals surface area contributed by atoms with Gasteiger partial charge in [0.25, 0.3) is 10.2 Å². The molecule has 3 aromatic rings. The number of rotatable bonds is 11. The zero-order chi connectivity index (χ0) is 28.3. The minimum atomic E-state index is -4.08. The fraction of sp³-hybridized carbons (Fsp3) is 0.300. The lowest BCUT2D eigenvalue weighted by atomic mass is 10.1. The largest absolute Gasteiger partial charge is 0.473 e. The van der Waals surface area contributed by atoms with E-state index in [0.29, 0.717) is 16.5 Å². The molecule has 10 nitrogen and oxygen atoms in total. The molecule has 3 rings (SSSR count). The van der Waals surface area contributed by atoms with Crippen molar-refractivity contribution < 1.29 is 26.1 Å². The Morgan fingerprint density at radius 1 is 1.09 bits per heavy atom. The quantitative estimate of drug-likeness (QED) is 0.388. The van der Waals surface area contributed by atoms with Gasteiger partial charge in [-0.3, -0.25) is 4.72 Å². The van der Waals surface area contributed by atoms with Gasteiger partial charge >= 0.3 is 6.01 Å². The van der Waals surface area contributed by atoms with E-state index in [2.05, 4.69) is 45.3 Å². The molecule has 1 aromatic carbocycles. The predicted octanol–water partition coefficient (Wildman–Crippen LogP) is 3.12. The summed E-state index contributed by atoms with van der Waals surface area (Å²) in [4.78, 5) is 15.2. The molecule has 2 N–H and O–H groups in total. The number of anilines is 1. The Morgan fingerprint density at radius 3 is 2.47 bits per heavy atom. The van der Waals surface area contributed by atoms with E-state index < -0.39 is 35.2 Å². The summed E-state index contributed by atoms with van der Waals surface area (Å²) in [6.45, 7) is -3.17. The second-order valence-electron chi connectivity index (χ2n) is 6.17. The first-order valence-electron chi connectivity index (χ1n) is 12.2. The zero-order valence-corrected chi connectivity index (χ0v) is 19.4. The SMILES string of the molecule is [2H]c1nc(OC([2H])([2H])C([2H])([2H])Oc2ncnc(NS(=O)(=O)NCCC)c2-c2ccc(Br)cc2)nc([2H])c1C. The van der Waals surface area contributed by atoms with Gasteiger partial charge in [-0.05, 0) is 36.6 Å². The van der Waals surface area contributed by atoms with Gasteiger partial charge in [0, 0.05) is 23.4 Å². The van der Waals surface area contributed by atoms with E-state index in [0.717, 1.165) is 6.33 Å². The van der Waals surface area contributed by atoms with Crippen LogP contribution in [0.15, 0.2) is 47.4 Å². The number of hydrogen-bond donors (Lipinski definition) is 2. The van der Waals surface area contributed by atoms with E-state index in [-0.39, 0.29) is 35.8 Å². The lowest BCUT2D eigenvalue weighted by molar-refractivity contribution is 0.202. The third kappa shape index (κ3) is 6.84. The topological polar surface area (TPSA) is 128 Å². The molecule has 0 radical (unpaired) electrons. The van der Waals surface area contributed by atoms with Crippen LogP contribution in [-0.2, 0) is 10.2 Å². The van der Waals surface area contributed by atoms with E-state index in [1.807, 2.05) is 0 Å². The van der Waals surface area contributed by atoms with E-state index in [1.165, 1.54) is 6.92 Å². The van der Waals surface area contributed by atoms with Gasteiger partial charge in [0.2, 0.25) is 5.88 Å². The molecular weight excluding hydrogens is 500 g/mol. The minimum Gasteiger partial charge on any atom is -0.473 e. The molecule has 12 heteroatoms. The maximum Gasteiger partial charge on any atom is 0.316 e. The minimum absolute atomic E-state index is 0.0741. The molecule has 0 unspecified atom stereocenters. The lowest BCUT2D eigenvalue weighted by Crippen LogP contribution is -2.31. The smallest absolute Gasteiger partial charge is 0.316 e. The first kappa shape index (κ1) is 16.8. The molecule has 0 aliphatic heterocycles. The maximum absolute atomic E-state index is 12.5. The summed E-state index contributed by atoms with van der Waals surface area (Å²) in [6.07, 6.45) is 0.671. The Bertz CT molecular complexity index is 1390. The Balaban J connectivity index is 2.03. The summed E-state index contributed by atoms with van der Waals surface area (Å²) >= 11 is 3.30. The molecule has 0 saturated heterocycles. The number of benzene rings is 1. The Morgan fingerprint density at radius 2 is 1.78 bits per heavy atom. The van der Waals surface area contributed by atoms with Crippen molar-refractivity contribution in [3.63, 3.8) is 0 Å². The zero-order valence-electron chi connectivity index (χ0n) is 23.0. The summed E-state index contributed by atoms with van der Waals surface area (Å²) in [7, 11) is -4.08. The molecule has 170 valence electrons. The Kier molecular flexibility index (Phi) is 5.84. The van der Waals surface area contributed by atoms with Crippen molar-refractivity contribution in [2.75, 3.05) is 24.4 Å². The summed E-state index contributed by atoms with van der Waals surface area (Å²) < 4.78 is 89.0. The summed E-state index contributed by atoms with van der Waals surface area (Å²) in [5, 5.41) is 0. The van der Waals surface area contributed by atoms with E-state index in [4.69, 9.17) is 17.7 Å². The van der Waals surface area contributed by atoms with E-state index in [1.54, 1.807) is 31.2 Å². The van der Waals surface area contributed by atoms with E-state index >= 15 is 0 Å². The summed E-state index contributed by atoms with van der Waals surface area (Å²) in [5.41, 5.74) is 0.379. The molecule has 2 heterocycles. The van der Waals surface area contributed by atoms with Crippen molar-refractivity contribution in [3.8, 4) is 23.0 Å². The molecule has 2 aromatic heterocycles. The van der Waals surface area contributed by atoms with Gasteiger partial charge in [-0.1, -0.05) is 35.0 Å². The maximum atomic E-state index is 12.5. The van der Waals surface area contributed by atoms with Crippen molar-refractivity contribution in [1.29, 1.82) is 0 Å². The highest BCUT2D eigenvalue weighted by atomic mass is 79.9. The van der Waals surface area contributed by atoms with Gasteiger partial charge in [-0.15, -0.1) is 0 Å². The van der Waals surface area contributed by atoms with Crippen molar-refractivity contribution in [2.24, 2.45) is 0 Å². The predicted molar refractivity (Wildman–Crippen MR) is 124 cm³/mol. The molecule has 0 aliphatic rings. The van der Waals surface area contributed by atoms with Crippen LogP contribution >= 0.6 is 15.9 Å². The molecule has 0 amide bonds. The van der Waals surface area contributed by atoms with Gasteiger partial charge in [-0.2, -0.15) is 13.1 Å². The molecule has 32 heavy (non-hydrogen) atoms. The highest BCUT2D eigenvalue weighted by Crippen LogP contribution is 2.34. The second kappa shape index (κ2) is 11.2. The molecule has 0 fully saturated rings. The number of nitrogens with zero attached hydrogens (tertiary/aromatic N) is 4. The monoisotopic (exact) mass is 528 g/mol. The average Bonchev–Trinajstić information content (AvgIpc) is 2.81. The second-order valence-corrected chi connectivity index (χ2v) is 8.59. The number of ether oxygens (including phenoxy) is 2. The van der Waals surface area contributed by atoms with Crippen LogP contribution in [0.25, 0.3) is 11.1 Å². The van der Waals surface area contributed by atoms with Crippen LogP contribution in [0.2, 0.25) is 0 Å². The first-order valence-corrected chi connectivity index (χ1v) is 11.5. The average molecular weight is 529 g/mol. The van der Waals surface area contributed by atoms with Gasteiger partial charge in [-0.25, -0.2) is 19.9 Å². The highest BCUT2D eigenvalue weighted by molar-refractivity contribution is 9.10. The van der Waals surface area contributed by atoms with Crippen LogP contribution in [0.1, 0.15) is 27.1 Å². The van der Waals surface area contributed by atoms with Crippen LogP contribution in [0.4, 0.5) is 5.82 Å². The number of aromatic nitrogens is 4. The molecule has 0 atom stereocenters. The molecule has 0 bridgehead atoms. The highest BCUT2D eigenvalue weighted by Gasteiger charge is 2.19. The first-order chi connectivity index (χ1) is 17.7. The summed E-state index contributed by atoms with van der Waals surface area (Å²) in [5.74, 6) is -0.752.